The van der Waals surface area contributed by atoms with Crippen LogP contribution in [0.4, 0.5) is 0 Å². The zero-order valence-corrected chi connectivity index (χ0v) is 17.2. The molecule has 0 aromatic carbocycles. The summed E-state index contributed by atoms with van der Waals surface area (Å²) in [5.41, 5.74) is 0. The summed E-state index contributed by atoms with van der Waals surface area (Å²) in [4.78, 5) is 10.9. The van der Waals surface area contributed by atoms with Crippen LogP contribution in [0.3, 0.4) is 0 Å². The molecule has 0 saturated heterocycles. The van der Waals surface area contributed by atoms with Gasteiger partial charge in [0.1, 0.15) is 6.29 Å². The second kappa shape index (κ2) is 12.1. The molecule has 25 heavy (non-hydrogen) atoms. The van der Waals surface area contributed by atoms with Crippen LogP contribution >= 0.6 is 0 Å². The van der Waals surface area contributed by atoms with E-state index in [1.165, 1.54) is 103 Å². The Balaban J connectivity index is 1.39. The summed E-state index contributed by atoms with van der Waals surface area (Å²) in [5, 5.41) is 0. The molecule has 2 aliphatic rings. The Morgan fingerprint density at radius 2 is 1.40 bits per heavy atom. The van der Waals surface area contributed by atoms with Gasteiger partial charge in [0.05, 0.1) is 0 Å². The first kappa shape index (κ1) is 21.0. The first-order chi connectivity index (χ1) is 12.2. The van der Waals surface area contributed by atoms with Crippen molar-refractivity contribution in [2.24, 2.45) is 29.6 Å². The summed E-state index contributed by atoms with van der Waals surface area (Å²) in [5.74, 6) is 4.18. The van der Waals surface area contributed by atoms with Gasteiger partial charge in [0.25, 0.3) is 0 Å². The van der Waals surface area contributed by atoms with E-state index in [9.17, 15) is 4.79 Å². The monoisotopic (exact) mass is 348 g/mol. The molecule has 5 atom stereocenters. The molecule has 5 unspecified atom stereocenters. The van der Waals surface area contributed by atoms with Crippen LogP contribution in [0.15, 0.2) is 0 Å². The number of carbonyl (C=O) groups excluding carboxylic acids is 1. The fourth-order valence-corrected chi connectivity index (χ4v) is 5.54. The molecule has 0 aliphatic heterocycles. The third-order valence-corrected chi connectivity index (χ3v) is 7.58. The van der Waals surface area contributed by atoms with Gasteiger partial charge in [-0.3, -0.25) is 0 Å². The van der Waals surface area contributed by atoms with Crippen molar-refractivity contribution < 1.29 is 4.79 Å². The molecule has 0 amide bonds. The van der Waals surface area contributed by atoms with Crippen LogP contribution < -0.4 is 0 Å². The largest absolute Gasteiger partial charge is 0.303 e. The van der Waals surface area contributed by atoms with E-state index in [4.69, 9.17) is 0 Å². The predicted molar refractivity (Wildman–Crippen MR) is 109 cm³/mol. The van der Waals surface area contributed by atoms with Crippen molar-refractivity contribution >= 4 is 6.29 Å². The quantitative estimate of drug-likeness (QED) is 0.278. The Kier molecular flexibility index (Phi) is 10.2. The summed E-state index contributed by atoms with van der Waals surface area (Å²) < 4.78 is 0. The lowest BCUT2D eigenvalue weighted by atomic mass is 9.72. The molecule has 1 nitrogen and oxygen atoms in total. The minimum Gasteiger partial charge on any atom is -0.303 e. The Hall–Kier alpha value is -0.330. The summed E-state index contributed by atoms with van der Waals surface area (Å²) in [6, 6.07) is 0. The minimum absolute atomic E-state index is 0.383. The molecule has 1 heteroatoms. The molecule has 0 radical (unpaired) electrons. The van der Waals surface area contributed by atoms with Gasteiger partial charge >= 0.3 is 0 Å². The van der Waals surface area contributed by atoms with E-state index >= 15 is 0 Å². The van der Waals surface area contributed by atoms with E-state index in [0.29, 0.717) is 5.92 Å². The van der Waals surface area contributed by atoms with Crippen LogP contribution in [0.2, 0.25) is 0 Å². The maximum absolute atomic E-state index is 10.9. The molecule has 2 aliphatic carbocycles. The van der Waals surface area contributed by atoms with E-state index in [1.807, 2.05) is 0 Å². The third-order valence-electron chi connectivity index (χ3n) is 7.58. The van der Waals surface area contributed by atoms with Crippen molar-refractivity contribution in [3.05, 3.63) is 0 Å². The van der Waals surface area contributed by atoms with E-state index in [1.54, 1.807) is 0 Å². The van der Waals surface area contributed by atoms with Crippen molar-refractivity contribution in [3.63, 3.8) is 0 Å². The van der Waals surface area contributed by atoms with Crippen LogP contribution in [-0.4, -0.2) is 6.29 Å². The Morgan fingerprint density at radius 3 is 2.12 bits per heavy atom. The highest BCUT2D eigenvalue weighted by Gasteiger charge is 2.26. The van der Waals surface area contributed by atoms with Gasteiger partial charge in [-0.05, 0) is 36.5 Å². The smallest absolute Gasteiger partial charge is 0.123 e. The molecule has 2 rings (SSSR count). The van der Waals surface area contributed by atoms with Gasteiger partial charge in [-0.2, -0.15) is 0 Å². The lowest BCUT2D eigenvalue weighted by Gasteiger charge is -2.34. The number of hydrogen-bond acceptors (Lipinski definition) is 1. The minimum atomic E-state index is 0.383. The lowest BCUT2D eigenvalue weighted by Crippen LogP contribution is -2.23. The molecular weight excluding hydrogens is 304 g/mol. The van der Waals surface area contributed by atoms with E-state index in [0.717, 1.165) is 30.1 Å². The van der Waals surface area contributed by atoms with Gasteiger partial charge in [0.2, 0.25) is 0 Å². The van der Waals surface area contributed by atoms with Gasteiger partial charge in [-0.15, -0.1) is 0 Å². The van der Waals surface area contributed by atoms with Crippen LogP contribution in [0, 0.1) is 29.6 Å². The number of carbonyl (C=O) groups is 1. The Bertz CT molecular complexity index is 350. The highest BCUT2D eigenvalue weighted by atomic mass is 16.1. The van der Waals surface area contributed by atoms with Crippen molar-refractivity contribution in [1.82, 2.24) is 0 Å². The van der Waals surface area contributed by atoms with Crippen LogP contribution in [0.5, 0.6) is 0 Å². The first-order valence-corrected chi connectivity index (χ1v) is 11.7. The molecule has 2 saturated carbocycles. The van der Waals surface area contributed by atoms with Crippen LogP contribution in [0.25, 0.3) is 0 Å². The van der Waals surface area contributed by atoms with Gasteiger partial charge in [0, 0.05) is 5.92 Å². The van der Waals surface area contributed by atoms with Gasteiger partial charge in [-0.1, -0.05) is 104 Å². The number of hydrogen-bond donors (Lipinski definition) is 0. The number of rotatable bonds is 11. The molecule has 0 heterocycles. The second-order valence-corrected chi connectivity index (χ2v) is 9.51. The highest BCUT2D eigenvalue weighted by Crippen LogP contribution is 2.37. The third kappa shape index (κ3) is 7.83. The summed E-state index contributed by atoms with van der Waals surface area (Å²) in [6.07, 6.45) is 23.6. The topological polar surface area (TPSA) is 17.1 Å². The van der Waals surface area contributed by atoms with E-state index in [-0.39, 0.29) is 0 Å². The molecule has 0 bridgehead atoms. The second-order valence-electron chi connectivity index (χ2n) is 9.51. The SMILES string of the molecule is CC1CCCC(CCCCCCCCCC2CCCC(C=O)C2)C1C. The van der Waals surface area contributed by atoms with Gasteiger partial charge in [0.15, 0.2) is 0 Å². The Labute approximate surface area is 157 Å². The molecule has 146 valence electrons. The molecule has 0 spiro atoms. The Morgan fingerprint density at radius 1 is 0.760 bits per heavy atom. The van der Waals surface area contributed by atoms with Crippen LogP contribution in [0.1, 0.15) is 117 Å². The summed E-state index contributed by atoms with van der Waals surface area (Å²) >= 11 is 0. The zero-order valence-electron chi connectivity index (χ0n) is 17.2. The average molecular weight is 349 g/mol. The van der Waals surface area contributed by atoms with Crippen LogP contribution in [-0.2, 0) is 4.79 Å². The molecule has 0 aromatic heterocycles. The predicted octanol–water partition coefficient (Wildman–Crippen LogP) is 7.57. The zero-order chi connectivity index (χ0) is 17.9. The summed E-state index contributed by atoms with van der Waals surface area (Å²) in [7, 11) is 0. The van der Waals surface area contributed by atoms with Gasteiger partial charge < -0.3 is 4.79 Å². The summed E-state index contributed by atoms with van der Waals surface area (Å²) in [6.45, 7) is 4.96. The first-order valence-electron chi connectivity index (χ1n) is 11.7. The van der Waals surface area contributed by atoms with Crippen molar-refractivity contribution in [2.75, 3.05) is 0 Å². The number of unbranched alkanes of at least 4 members (excludes halogenated alkanes) is 6. The normalized spacial score (nSPS) is 33.3. The molecule has 0 N–H and O–H groups in total. The lowest BCUT2D eigenvalue weighted by molar-refractivity contribution is -0.112. The highest BCUT2D eigenvalue weighted by molar-refractivity contribution is 5.53. The fourth-order valence-electron chi connectivity index (χ4n) is 5.54. The average Bonchev–Trinajstić information content (AvgIpc) is 2.63. The fraction of sp³-hybridized carbons (Fsp3) is 0.958. The van der Waals surface area contributed by atoms with Crippen molar-refractivity contribution in [2.45, 2.75) is 117 Å². The molecule has 0 aromatic rings. The van der Waals surface area contributed by atoms with E-state index < -0.39 is 0 Å². The standard InChI is InChI=1S/C24H44O/c1-20-12-10-17-24(21(20)2)16-9-7-5-3-4-6-8-13-22-14-11-15-23(18-22)19-25/h19-24H,3-18H2,1-2H3. The maximum atomic E-state index is 10.9. The van der Waals surface area contributed by atoms with E-state index in [2.05, 4.69) is 13.8 Å². The van der Waals surface area contributed by atoms with Crippen molar-refractivity contribution in [3.8, 4) is 0 Å². The maximum Gasteiger partial charge on any atom is 0.123 e. The number of aldehydes is 1. The molecular formula is C24H44O. The van der Waals surface area contributed by atoms with Gasteiger partial charge in [-0.25, -0.2) is 0 Å². The van der Waals surface area contributed by atoms with Crippen molar-refractivity contribution in [1.29, 1.82) is 0 Å². The molecule has 2 fully saturated rings.